The Hall–Kier alpha value is -2.83. The van der Waals surface area contributed by atoms with E-state index in [4.69, 9.17) is 57.0 Å². The number of hydrogen-bond donors (Lipinski definition) is 4. The zero-order valence-electron chi connectivity index (χ0n) is 62.4. The van der Waals surface area contributed by atoms with Gasteiger partial charge in [-0.05, 0) is 188 Å². The van der Waals surface area contributed by atoms with Crippen molar-refractivity contribution in [3.05, 3.63) is 164 Å². The number of fused-ring (bicyclic) bond motifs is 2. The molecule has 0 saturated carbocycles. The maximum Gasteiger partial charge on any atom is 0.495 e. The minimum atomic E-state index is -0.934. The van der Waals surface area contributed by atoms with Crippen LogP contribution in [0.15, 0.2) is 95.5 Å². The highest BCUT2D eigenvalue weighted by atomic mass is 127. The topological polar surface area (TPSA) is 404 Å². The molecule has 43 heteroatoms. The molecule has 4 fully saturated rings. The summed E-state index contributed by atoms with van der Waals surface area (Å²) in [4.78, 5) is 65.4. The molecule has 0 radical (unpaired) electrons. The summed E-state index contributed by atoms with van der Waals surface area (Å²) in [6.45, 7) is 31.8. The zero-order chi connectivity index (χ0) is 82.1. The highest BCUT2D eigenvalue weighted by Crippen LogP contribution is 2.44. The van der Waals surface area contributed by atoms with Crippen LogP contribution in [-0.2, 0) is 75.8 Å². The number of carbonyl (C=O) groups is 2. The van der Waals surface area contributed by atoms with Crippen LogP contribution in [0.5, 0.6) is 0 Å². The largest absolute Gasteiger partial charge is 0.495 e. The molecule has 0 atom stereocenters. The molecule has 6 aliphatic rings. The van der Waals surface area contributed by atoms with Crippen LogP contribution < -0.4 is 27.6 Å². The number of hydrogen-bond acceptors (Lipinski definition) is 26. The molecular weight excluding hydrogens is 2160 g/mol. The van der Waals surface area contributed by atoms with Crippen molar-refractivity contribution in [3.63, 3.8) is 0 Å². The second-order valence-electron chi connectivity index (χ2n) is 27.4. The van der Waals surface area contributed by atoms with E-state index >= 15 is 0 Å². The van der Waals surface area contributed by atoms with Gasteiger partial charge in [-0.1, -0.05) is 167 Å². The number of rotatable bonds is 10. The van der Waals surface area contributed by atoms with Gasteiger partial charge in [0, 0.05) is 58.7 Å². The van der Waals surface area contributed by atoms with Gasteiger partial charge in [0.25, 0.3) is 22.7 Å². The Labute approximate surface area is 722 Å². The molecule has 30 nitrogen and oxygen atoms in total. The Bertz CT molecular complexity index is 3820. The van der Waals surface area contributed by atoms with E-state index < -0.39 is 96.5 Å². The highest BCUT2D eigenvalue weighted by molar-refractivity contribution is 14.3. The molecule has 5 aromatic rings. The van der Waals surface area contributed by atoms with Gasteiger partial charge in [0.1, 0.15) is -0.0619 Å². The Morgan fingerprint density at radius 3 is 1.12 bits per heavy atom. The van der Waals surface area contributed by atoms with Crippen LogP contribution in [0.4, 0.5) is 28.4 Å². The number of carbonyl (C=O) groups excluding carboxylic acids is 2. The fourth-order valence-corrected chi connectivity index (χ4v) is 10.0. The molecule has 11 rings (SSSR count). The SMILES string of the molecule is C.CC1(C)OB(B2OC(C)(C)C(C)(C)O2)OC1(C)C.CC1(C)OB(c2ccc([N+](=O)[O-])cc2CO)OC1(C)C.CI.COC(=O)c1cc([N+](=O)[O-])ccc1B1OC(C)(C)C(C)(C)O1.COC(=O)c1cc([N+](=O)[O-])ccc1Br.IC(I)I.ICI.Nc1ccc2c(c1)COB2O.O=[N+]([O-])c1ccc2c(c1)COB2O. The minimum absolute atomic E-state index is 0. The van der Waals surface area contributed by atoms with Gasteiger partial charge in [0.2, 0.25) is 0 Å². The van der Waals surface area contributed by atoms with Gasteiger partial charge >= 0.3 is 54.4 Å². The molecule has 5 aromatic carbocycles. The van der Waals surface area contributed by atoms with E-state index in [2.05, 4.69) is 156 Å². The molecule has 0 aliphatic carbocycles. The number of aliphatic hydroxyl groups excluding tert-OH is 1. The summed E-state index contributed by atoms with van der Waals surface area (Å²) < 4.78 is 68.8. The van der Waals surface area contributed by atoms with Crippen molar-refractivity contribution in [3.8, 4) is 0 Å². The number of benzene rings is 5. The Morgan fingerprint density at radius 2 is 0.769 bits per heavy atom. The number of ether oxygens (including phenoxy) is 2. The fourth-order valence-electron chi connectivity index (χ4n) is 9.64. The standard InChI is InChI=1S/C14H18BNO6.C13H18BNO5.C12H24B2O4.C8H6BrNO4.C7H6BNO4.C7H8BNO2.CHI3.CH2I2.CH3I.CH4/c1-13(2)14(3,4)22-15(21-13)11-7-6-9(16(18)19)8-10(11)12(17)20-5;1-12(2)13(3,4)20-14(19-12)11-6-5-10(15(17)18)7-9(11)8-16;1-9(2)10(3,4)16-13(15-9)14-17-11(5,6)12(7,8)18-14;1-14-8(11)6-4-5(10(12)13)2-3-7(6)9;10-8-7-2-1-6(9(11)12)3-5(7)4-13-8;9-6-1-2-7-5(3-6)4-11-8(7)10;2-1(3)4;2-1-3;1-2;/h6-8H,1-5H3;5-7,16H,8H2,1-4H3;1-8H3;2-4H,1H3;1-3,10H,4H2;1-3,10H,4,9H2;1H;1H2;1H3;1H4. The van der Waals surface area contributed by atoms with E-state index in [9.17, 15) is 65.2 Å². The number of non-ortho nitro benzene ring substituents is 4. The van der Waals surface area contributed by atoms with Gasteiger partial charge in [-0.25, -0.2) is 9.59 Å². The van der Waals surface area contributed by atoms with Crippen LogP contribution >= 0.6 is 151 Å². The van der Waals surface area contributed by atoms with Crippen molar-refractivity contribution in [2.75, 3.05) is 27.3 Å². The van der Waals surface area contributed by atoms with Crippen LogP contribution in [0.3, 0.4) is 0 Å². The first-order chi connectivity index (χ1) is 49.3. The van der Waals surface area contributed by atoms with Crippen molar-refractivity contribution < 1.29 is 100 Å². The monoisotopic (exact) mass is 2250 g/mol. The number of nitrogens with zero attached hydrogens (tertiary/aromatic N) is 4. The van der Waals surface area contributed by atoms with E-state index in [0.29, 0.717) is 44.3 Å². The van der Waals surface area contributed by atoms with E-state index in [0.717, 1.165) is 17.0 Å². The summed E-state index contributed by atoms with van der Waals surface area (Å²) in [5.74, 6) is -1.28. The molecule has 592 valence electrons. The summed E-state index contributed by atoms with van der Waals surface area (Å²) >= 11 is 16.7. The van der Waals surface area contributed by atoms with Crippen LogP contribution in [0.1, 0.15) is 156 Å². The summed E-state index contributed by atoms with van der Waals surface area (Å²) in [6.07, 6.45) is 0. The zero-order valence-corrected chi connectivity index (χ0v) is 76.9. The Kier molecular flexibility index (Phi) is 40.5. The smallest absolute Gasteiger partial charge is 0.465 e. The van der Waals surface area contributed by atoms with Crippen LogP contribution in [0, 0.1) is 40.5 Å². The van der Waals surface area contributed by atoms with E-state index in [-0.39, 0.29) is 76.9 Å². The second-order valence-corrected chi connectivity index (χ2v) is 43.6. The molecule has 108 heavy (non-hydrogen) atoms. The molecular formula is C65H90B6BrI6N5O25. The average molecular weight is 2250 g/mol. The number of aliphatic hydroxyl groups is 1. The normalized spacial score (nSPS) is 18.0. The lowest BCUT2D eigenvalue weighted by atomic mass is 9.49. The lowest BCUT2D eigenvalue weighted by Crippen LogP contribution is -2.41. The third-order valence-electron chi connectivity index (χ3n) is 18.3. The molecule has 0 aromatic heterocycles. The van der Waals surface area contributed by atoms with Gasteiger partial charge in [0.15, 0.2) is 0 Å². The summed E-state index contributed by atoms with van der Waals surface area (Å²) in [5, 5.41) is 70.3. The van der Waals surface area contributed by atoms with Crippen molar-refractivity contribution in [1.82, 2.24) is 0 Å². The molecule has 0 amide bonds. The number of esters is 2. The number of methoxy groups -OCH3 is 2. The van der Waals surface area contributed by atoms with Crippen LogP contribution in [-0.4, -0.2) is 156 Å². The van der Waals surface area contributed by atoms with E-state index in [1.807, 2.05) is 122 Å². The molecule has 0 unspecified atom stereocenters. The first kappa shape index (κ1) is 101. The lowest BCUT2D eigenvalue weighted by Gasteiger charge is -2.32. The quantitative estimate of drug-likeness (QED) is 0.0192. The van der Waals surface area contributed by atoms with Gasteiger partial charge in [-0.3, -0.25) is 40.5 Å². The first-order valence-electron chi connectivity index (χ1n) is 32.2. The Balaban J connectivity index is 0.000000434. The fraction of sp³-hybridized carbons (Fsp3) is 0.508. The van der Waals surface area contributed by atoms with Crippen molar-refractivity contribution in [2.45, 2.75) is 183 Å². The Morgan fingerprint density at radius 1 is 0.491 bits per heavy atom. The first-order valence-corrected chi connectivity index (χ1v) is 41.9. The molecule has 6 heterocycles. The predicted octanol–water partition coefficient (Wildman–Crippen LogP) is 12.8. The molecule has 6 aliphatic heterocycles. The highest BCUT2D eigenvalue weighted by Gasteiger charge is 2.64. The number of halogens is 7. The van der Waals surface area contributed by atoms with Crippen LogP contribution in [0.2, 0.25) is 0 Å². The third kappa shape index (κ3) is 27.4. The van der Waals surface area contributed by atoms with Gasteiger partial charge in [-0.15, -0.1) is 0 Å². The molecule has 5 N–H and O–H groups in total. The van der Waals surface area contributed by atoms with E-state index in [1.54, 1.807) is 18.2 Å². The predicted molar refractivity (Wildman–Crippen MR) is 473 cm³/mol. The average Bonchev–Trinajstić information content (AvgIpc) is 1.32. The van der Waals surface area contributed by atoms with Gasteiger partial charge < -0.3 is 76.9 Å². The number of anilines is 1. The number of nitrogens with two attached hydrogens (primary N) is 1. The van der Waals surface area contributed by atoms with Gasteiger partial charge in [0.05, 0.1) is 112 Å². The maximum absolute atomic E-state index is 11.9. The second kappa shape index (κ2) is 43.2. The number of nitro benzene ring substituents is 4. The van der Waals surface area contributed by atoms with Crippen molar-refractivity contribution in [2.24, 2.45) is 0 Å². The van der Waals surface area contributed by atoms with Crippen molar-refractivity contribution >= 4 is 256 Å². The summed E-state index contributed by atoms with van der Waals surface area (Å²) in [6, 6.07) is 21.8. The number of nitro groups is 4. The molecule has 0 bridgehead atoms. The van der Waals surface area contributed by atoms with Gasteiger partial charge in [-0.2, -0.15) is 0 Å². The third-order valence-corrected chi connectivity index (χ3v) is 19.0. The molecule has 0 spiro atoms. The van der Waals surface area contributed by atoms with Crippen molar-refractivity contribution in [1.29, 1.82) is 0 Å². The summed E-state index contributed by atoms with van der Waals surface area (Å²) in [5.41, 5.74) is 7.09. The van der Waals surface area contributed by atoms with Crippen LogP contribution in [0.25, 0.3) is 0 Å². The summed E-state index contributed by atoms with van der Waals surface area (Å²) in [7, 11) is -1.64. The van der Waals surface area contributed by atoms with E-state index in [1.165, 1.54) is 77.3 Å². The minimum Gasteiger partial charge on any atom is -0.465 e. The lowest BCUT2D eigenvalue weighted by molar-refractivity contribution is -0.385. The number of alkyl halides is 6. The number of nitrogen functional groups attached to an aromatic ring is 1. The molecule has 4 saturated heterocycles. The maximum atomic E-state index is 11.9.